The molecule has 1 unspecified atom stereocenters. The number of hydrogen-bond acceptors (Lipinski definition) is 1. The zero-order chi connectivity index (χ0) is 13.5. The standard InChI is InChI=1S/C19H16O/c20-18(12-11-13-9-10-13)19-16-7-3-1-5-14(16)15-6-2-4-8-17(15)19/h1-8,13,18-20H,9-10H2. The van der Waals surface area contributed by atoms with Crippen LogP contribution in [0.25, 0.3) is 11.1 Å². The fourth-order valence-electron chi connectivity index (χ4n) is 3.05. The van der Waals surface area contributed by atoms with Crippen molar-refractivity contribution in [3.8, 4) is 23.0 Å². The smallest absolute Gasteiger partial charge is 0.125 e. The van der Waals surface area contributed by atoms with Crippen LogP contribution < -0.4 is 0 Å². The molecule has 1 nitrogen and oxygen atoms in total. The van der Waals surface area contributed by atoms with Gasteiger partial charge in [-0.1, -0.05) is 60.4 Å². The van der Waals surface area contributed by atoms with Crippen molar-refractivity contribution in [3.63, 3.8) is 0 Å². The van der Waals surface area contributed by atoms with E-state index in [1.807, 2.05) is 12.1 Å². The monoisotopic (exact) mass is 260 g/mol. The first-order chi connectivity index (χ1) is 9.84. The maximum Gasteiger partial charge on any atom is 0.125 e. The number of aliphatic hydroxyl groups excluding tert-OH is 1. The van der Waals surface area contributed by atoms with E-state index < -0.39 is 6.10 Å². The predicted molar refractivity (Wildman–Crippen MR) is 80.2 cm³/mol. The Kier molecular flexibility index (Phi) is 2.65. The molecule has 1 saturated carbocycles. The van der Waals surface area contributed by atoms with Crippen molar-refractivity contribution in [2.45, 2.75) is 24.9 Å². The molecule has 2 aromatic rings. The van der Waals surface area contributed by atoms with Crippen molar-refractivity contribution in [2.75, 3.05) is 0 Å². The van der Waals surface area contributed by atoms with Crippen LogP contribution in [0.1, 0.15) is 29.9 Å². The molecule has 20 heavy (non-hydrogen) atoms. The van der Waals surface area contributed by atoms with Crippen molar-refractivity contribution in [3.05, 3.63) is 59.7 Å². The summed E-state index contributed by atoms with van der Waals surface area (Å²) in [6.07, 6.45) is 1.77. The van der Waals surface area contributed by atoms with Gasteiger partial charge in [0, 0.05) is 11.8 Å². The van der Waals surface area contributed by atoms with E-state index in [0.717, 1.165) is 0 Å². The highest BCUT2D eigenvalue weighted by molar-refractivity contribution is 5.79. The molecule has 98 valence electrons. The summed E-state index contributed by atoms with van der Waals surface area (Å²) in [5.74, 6) is 6.79. The Bertz CT molecular complexity index is 670. The number of aliphatic hydroxyl groups is 1. The number of benzene rings is 2. The molecule has 0 amide bonds. The third-order valence-corrected chi connectivity index (χ3v) is 4.21. The first kappa shape index (κ1) is 11.8. The fourth-order valence-corrected chi connectivity index (χ4v) is 3.05. The number of hydrogen-bond donors (Lipinski definition) is 1. The van der Waals surface area contributed by atoms with E-state index >= 15 is 0 Å². The third-order valence-electron chi connectivity index (χ3n) is 4.21. The van der Waals surface area contributed by atoms with E-state index in [1.165, 1.54) is 35.1 Å². The normalized spacial score (nSPS) is 17.9. The third kappa shape index (κ3) is 1.85. The lowest BCUT2D eigenvalue weighted by Gasteiger charge is -2.16. The summed E-state index contributed by atoms with van der Waals surface area (Å²) in [7, 11) is 0. The van der Waals surface area contributed by atoms with Crippen LogP contribution in [0, 0.1) is 17.8 Å². The van der Waals surface area contributed by atoms with Crippen LogP contribution in [0.2, 0.25) is 0 Å². The SMILES string of the molecule is OC(C#CC1CC1)C1c2ccccc2-c2ccccc21. The quantitative estimate of drug-likeness (QED) is 0.777. The number of fused-ring (bicyclic) bond motifs is 3. The summed E-state index contributed by atoms with van der Waals surface area (Å²) >= 11 is 0. The van der Waals surface area contributed by atoms with Crippen LogP contribution in [0.15, 0.2) is 48.5 Å². The second kappa shape index (κ2) is 4.51. The Morgan fingerprint density at radius 3 is 2.00 bits per heavy atom. The first-order valence-electron chi connectivity index (χ1n) is 7.22. The minimum atomic E-state index is -0.611. The molecule has 0 spiro atoms. The van der Waals surface area contributed by atoms with Crippen LogP contribution in [0.5, 0.6) is 0 Å². The predicted octanol–water partition coefficient (Wildman–Crippen LogP) is 3.57. The van der Waals surface area contributed by atoms with Crippen molar-refractivity contribution in [1.82, 2.24) is 0 Å². The number of rotatable bonds is 1. The van der Waals surface area contributed by atoms with Crippen molar-refractivity contribution < 1.29 is 5.11 Å². The molecule has 2 aliphatic carbocycles. The van der Waals surface area contributed by atoms with Gasteiger partial charge in [0.1, 0.15) is 6.10 Å². The maximum atomic E-state index is 10.5. The molecule has 1 heteroatoms. The molecule has 4 rings (SSSR count). The second-order valence-electron chi connectivity index (χ2n) is 5.66. The Balaban J connectivity index is 1.81. The Hall–Kier alpha value is -2.04. The van der Waals surface area contributed by atoms with Crippen molar-refractivity contribution in [2.24, 2.45) is 5.92 Å². The van der Waals surface area contributed by atoms with Gasteiger partial charge in [0.15, 0.2) is 0 Å². The van der Waals surface area contributed by atoms with Gasteiger partial charge in [-0.3, -0.25) is 0 Å². The summed E-state index contributed by atoms with van der Waals surface area (Å²) in [6, 6.07) is 16.7. The van der Waals surface area contributed by atoms with E-state index in [1.54, 1.807) is 0 Å². The Labute approximate surface area is 119 Å². The van der Waals surface area contributed by atoms with Gasteiger partial charge >= 0.3 is 0 Å². The first-order valence-corrected chi connectivity index (χ1v) is 7.22. The lowest BCUT2D eigenvalue weighted by Crippen LogP contribution is -2.15. The van der Waals surface area contributed by atoms with E-state index in [9.17, 15) is 5.11 Å². The molecule has 2 aliphatic rings. The molecule has 1 fully saturated rings. The van der Waals surface area contributed by atoms with Crippen LogP contribution in [-0.2, 0) is 0 Å². The highest BCUT2D eigenvalue weighted by atomic mass is 16.3. The molecule has 2 aromatic carbocycles. The molecular formula is C19H16O. The van der Waals surface area contributed by atoms with Gasteiger partial charge in [-0.15, -0.1) is 0 Å². The maximum absolute atomic E-state index is 10.5. The summed E-state index contributed by atoms with van der Waals surface area (Å²) in [5.41, 5.74) is 4.87. The average Bonchev–Trinajstić information content (AvgIpc) is 3.25. The largest absolute Gasteiger partial charge is 0.379 e. The average molecular weight is 260 g/mol. The van der Waals surface area contributed by atoms with Crippen LogP contribution >= 0.6 is 0 Å². The van der Waals surface area contributed by atoms with Gasteiger partial charge in [-0.25, -0.2) is 0 Å². The van der Waals surface area contributed by atoms with E-state index in [4.69, 9.17) is 0 Å². The van der Waals surface area contributed by atoms with Crippen molar-refractivity contribution in [1.29, 1.82) is 0 Å². The van der Waals surface area contributed by atoms with Gasteiger partial charge in [0.05, 0.1) is 0 Å². The Morgan fingerprint density at radius 1 is 0.900 bits per heavy atom. The van der Waals surface area contributed by atoms with Crippen LogP contribution in [0.3, 0.4) is 0 Å². The molecule has 0 aromatic heterocycles. The van der Waals surface area contributed by atoms with Crippen LogP contribution in [-0.4, -0.2) is 11.2 Å². The molecule has 0 heterocycles. The minimum Gasteiger partial charge on any atom is -0.379 e. The highest BCUT2D eigenvalue weighted by Gasteiger charge is 2.32. The zero-order valence-electron chi connectivity index (χ0n) is 11.2. The summed E-state index contributed by atoms with van der Waals surface area (Å²) in [5, 5.41) is 10.5. The van der Waals surface area contributed by atoms with Crippen LogP contribution in [0.4, 0.5) is 0 Å². The van der Waals surface area contributed by atoms with Crippen molar-refractivity contribution >= 4 is 0 Å². The summed E-state index contributed by atoms with van der Waals surface area (Å²) < 4.78 is 0. The minimum absolute atomic E-state index is 0.00588. The lowest BCUT2D eigenvalue weighted by molar-refractivity contribution is 0.215. The molecule has 0 saturated heterocycles. The summed E-state index contributed by atoms with van der Waals surface area (Å²) in [4.78, 5) is 0. The lowest BCUT2D eigenvalue weighted by atomic mass is 9.91. The molecule has 1 atom stereocenters. The van der Waals surface area contributed by atoms with Gasteiger partial charge in [0.2, 0.25) is 0 Å². The van der Waals surface area contributed by atoms with E-state index in [2.05, 4.69) is 48.2 Å². The molecule has 0 aliphatic heterocycles. The van der Waals surface area contributed by atoms with E-state index in [-0.39, 0.29) is 5.92 Å². The second-order valence-corrected chi connectivity index (χ2v) is 5.66. The van der Waals surface area contributed by atoms with Gasteiger partial charge in [-0.2, -0.15) is 0 Å². The topological polar surface area (TPSA) is 20.2 Å². The summed E-state index contributed by atoms with van der Waals surface area (Å²) in [6.45, 7) is 0. The van der Waals surface area contributed by atoms with Gasteiger partial charge in [0.25, 0.3) is 0 Å². The zero-order valence-corrected chi connectivity index (χ0v) is 11.2. The van der Waals surface area contributed by atoms with Gasteiger partial charge in [-0.05, 0) is 35.1 Å². The van der Waals surface area contributed by atoms with E-state index in [0.29, 0.717) is 5.92 Å². The molecule has 1 N–H and O–H groups in total. The Morgan fingerprint density at radius 2 is 1.45 bits per heavy atom. The molecule has 0 radical (unpaired) electrons. The fraction of sp³-hybridized carbons (Fsp3) is 0.263. The van der Waals surface area contributed by atoms with Gasteiger partial charge < -0.3 is 5.11 Å². The molecular weight excluding hydrogens is 244 g/mol. The molecule has 0 bridgehead atoms. The highest BCUT2D eigenvalue weighted by Crippen LogP contribution is 2.46.